The molecule has 0 saturated carbocycles. The van der Waals surface area contributed by atoms with Crippen molar-refractivity contribution in [1.29, 1.82) is 0 Å². The van der Waals surface area contributed by atoms with Crippen LogP contribution in [0.4, 0.5) is 0 Å². The van der Waals surface area contributed by atoms with Gasteiger partial charge in [-0.05, 0) is 37.1 Å². The molecule has 1 fully saturated rings. The van der Waals surface area contributed by atoms with Crippen molar-refractivity contribution in [3.8, 4) is 5.75 Å². The van der Waals surface area contributed by atoms with Gasteiger partial charge in [0.1, 0.15) is 17.4 Å². The quantitative estimate of drug-likeness (QED) is 0.726. The number of benzene rings is 1. The molecule has 0 radical (unpaired) electrons. The molecular formula is C21H24N6O2. The Labute approximate surface area is 168 Å². The second-order valence-corrected chi connectivity index (χ2v) is 7.82. The molecule has 3 aromatic rings. The van der Waals surface area contributed by atoms with Gasteiger partial charge in [-0.25, -0.2) is 14.6 Å². The summed E-state index contributed by atoms with van der Waals surface area (Å²) in [5, 5.41) is 4.74. The fourth-order valence-electron chi connectivity index (χ4n) is 4.38. The molecule has 8 heteroatoms. The van der Waals surface area contributed by atoms with Crippen LogP contribution in [0.2, 0.25) is 0 Å². The highest BCUT2D eigenvalue weighted by Gasteiger charge is 2.32. The molecule has 0 aliphatic carbocycles. The number of fused-ring (bicyclic) bond motifs is 2. The van der Waals surface area contributed by atoms with Crippen LogP contribution in [0.1, 0.15) is 40.9 Å². The van der Waals surface area contributed by atoms with Crippen LogP contribution in [0.25, 0.3) is 11.2 Å². The van der Waals surface area contributed by atoms with Gasteiger partial charge in [-0.1, -0.05) is 0 Å². The summed E-state index contributed by atoms with van der Waals surface area (Å²) in [5.74, 6) is 1.10. The van der Waals surface area contributed by atoms with Crippen LogP contribution in [0.5, 0.6) is 5.75 Å². The zero-order valence-electron chi connectivity index (χ0n) is 16.4. The molecule has 29 heavy (non-hydrogen) atoms. The standard InChI is InChI=1S/C21H24N6O2/c1-13-10-16-11-14(2-3-17(16)29-13)21(28)26-8-4-15(12-26)18-19-20(24-7-6-23-19)27(25-18)9-5-22/h2-3,6-7,11,13,15H,4-5,8-10,12,22H2,1H3/t13-,15+/m1/s1. The van der Waals surface area contributed by atoms with Crippen molar-refractivity contribution in [3.05, 3.63) is 47.4 Å². The maximum Gasteiger partial charge on any atom is 0.253 e. The zero-order chi connectivity index (χ0) is 20.0. The highest BCUT2D eigenvalue weighted by molar-refractivity contribution is 5.95. The molecule has 4 heterocycles. The van der Waals surface area contributed by atoms with Crippen molar-refractivity contribution in [2.24, 2.45) is 5.73 Å². The third-order valence-electron chi connectivity index (χ3n) is 5.74. The predicted octanol–water partition coefficient (Wildman–Crippen LogP) is 1.74. The first-order chi connectivity index (χ1) is 14.1. The molecule has 1 amide bonds. The number of nitrogens with zero attached hydrogens (tertiary/aromatic N) is 5. The fraction of sp³-hybridized carbons (Fsp3) is 0.429. The number of rotatable bonds is 4. The van der Waals surface area contributed by atoms with Crippen molar-refractivity contribution in [2.45, 2.75) is 38.3 Å². The van der Waals surface area contributed by atoms with Crippen molar-refractivity contribution in [3.63, 3.8) is 0 Å². The minimum absolute atomic E-state index is 0.0617. The van der Waals surface area contributed by atoms with Crippen LogP contribution < -0.4 is 10.5 Å². The molecule has 1 aromatic carbocycles. The molecule has 0 bridgehead atoms. The van der Waals surface area contributed by atoms with Crippen LogP contribution in [0, 0.1) is 0 Å². The lowest BCUT2D eigenvalue weighted by atomic mass is 10.0. The first-order valence-electron chi connectivity index (χ1n) is 10.1. The minimum atomic E-state index is 0.0617. The normalized spacial score (nSPS) is 20.8. The third kappa shape index (κ3) is 3.13. The molecule has 8 nitrogen and oxygen atoms in total. The predicted molar refractivity (Wildman–Crippen MR) is 108 cm³/mol. The average Bonchev–Trinajstić information content (AvgIpc) is 3.43. The molecule has 2 atom stereocenters. The maximum atomic E-state index is 13.1. The highest BCUT2D eigenvalue weighted by Crippen LogP contribution is 2.33. The number of carbonyl (C=O) groups is 1. The van der Waals surface area contributed by atoms with Crippen molar-refractivity contribution >= 4 is 17.1 Å². The topological polar surface area (TPSA) is 99.2 Å². The molecule has 1 saturated heterocycles. The van der Waals surface area contributed by atoms with Gasteiger partial charge in [0.2, 0.25) is 0 Å². The van der Waals surface area contributed by atoms with Crippen LogP contribution in [-0.2, 0) is 13.0 Å². The Morgan fingerprint density at radius 2 is 2.17 bits per heavy atom. The molecule has 2 aliphatic heterocycles. The highest BCUT2D eigenvalue weighted by atomic mass is 16.5. The fourth-order valence-corrected chi connectivity index (χ4v) is 4.38. The lowest BCUT2D eigenvalue weighted by Crippen LogP contribution is -2.28. The average molecular weight is 392 g/mol. The summed E-state index contributed by atoms with van der Waals surface area (Å²) in [5.41, 5.74) is 10.0. The largest absolute Gasteiger partial charge is 0.490 e. The van der Waals surface area contributed by atoms with Gasteiger partial charge >= 0.3 is 0 Å². The summed E-state index contributed by atoms with van der Waals surface area (Å²) < 4.78 is 7.57. The molecule has 2 N–H and O–H groups in total. The number of hydrogen-bond acceptors (Lipinski definition) is 6. The van der Waals surface area contributed by atoms with Crippen LogP contribution >= 0.6 is 0 Å². The van der Waals surface area contributed by atoms with Crippen molar-refractivity contribution in [2.75, 3.05) is 19.6 Å². The number of nitrogens with two attached hydrogens (primary N) is 1. The van der Waals surface area contributed by atoms with Gasteiger partial charge < -0.3 is 15.4 Å². The van der Waals surface area contributed by atoms with E-state index in [0.29, 0.717) is 26.2 Å². The molecule has 150 valence electrons. The number of likely N-dealkylation sites (tertiary alicyclic amines) is 1. The van der Waals surface area contributed by atoms with Gasteiger partial charge in [-0.15, -0.1) is 0 Å². The zero-order valence-corrected chi connectivity index (χ0v) is 16.4. The van der Waals surface area contributed by atoms with E-state index in [1.54, 1.807) is 12.4 Å². The summed E-state index contributed by atoms with van der Waals surface area (Å²) in [7, 11) is 0. The van der Waals surface area contributed by atoms with E-state index in [1.807, 2.05) is 34.7 Å². The van der Waals surface area contributed by atoms with E-state index in [1.165, 1.54) is 0 Å². The van der Waals surface area contributed by atoms with Crippen molar-refractivity contribution in [1.82, 2.24) is 24.6 Å². The van der Waals surface area contributed by atoms with Crippen LogP contribution in [0.15, 0.2) is 30.6 Å². The van der Waals surface area contributed by atoms with Gasteiger partial charge in [0.15, 0.2) is 5.65 Å². The lowest BCUT2D eigenvalue weighted by molar-refractivity contribution is 0.0790. The van der Waals surface area contributed by atoms with E-state index in [0.717, 1.165) is 46.6 Å². The summed E-state index contributed by atoms with van der Waals surface area (Å²) >= 11 is 0. The van der Waals surface area contributed by atoms with Crippen LogP contribution in [-0.4, -0.2) is 56.3 Å². The molecule has 0 unspecified atom stereocenters. The first kappa shape index (κ1) is 18.1. The van der Waals surface area contributed by atoms with E-state index < -0.39 is 0 Å². The number of aromatic nitrogens is 4. The maximum absolute atomic E-state index is 13.1. The van der Waals surface area contributed by atoms with Gasteiger partial charge in [-0.3, -0.25) is 4.79 Å². The van der Waals surface area contributed by atoms with E-state index >= 15 is 0 Å². The van der Waals surface area contributed by atoms with E-state index in [4.69, 9.17) is 15.6 Å². The summed E-state index contributed by atoms with van der Waals surface area (Å²) in [6.45, 7) is 4.47. The van der Waals surface area contributed by atoms with Gasteiger partial charge in [0, 0.05) is 49.9 Å². The van der Waals surface area contributed by atoms with E-state index in [2.05, 4.69) is 9.97 Å². The molecule has 5 rings (SSSR count). The Bertz CT molecular complexity index is 1080. The summed E-state index contributed by atoms with van der Waals surface area (Å²) in [6.07, 6.45) is 5.24. The number of amides is 1. The second-order valence-electron chi connectivity index (χ2n) is 7.82. The lowest BCUT2D eigenvalue weighted by Gasteiger charge is -2.16. The summed E-state index contributed by atoms with van der Waals surface area (Å²) in [4.78, 5) is 23.9. The van der Waals surface area contributed by atoms with Crippen molar-refractivity contribution < 1.29 is 9.53 Å². The Kier molecular flexibility index (Phi) is 4.43. The SMILES string of the molecule is C[C@@H]1Cc2cc(C(=O)N3CC[C@H](c4nn(CCN)c5nccnc45)C3)ccc2O1. The molecular weight excluding hydrogens is 368 g/mol. The number of carbonyl (C=O) groups excluding carboxylic acids is 1. The monoisotopic (exact) mass is 392 g/mol. The van der Waals surface area contributed by atoms with E-state index in [9.17, 15) is 4.79 Å². The third-order valence-corrected chi connectivity index (χ3v) is 5.74. The number of hydrogen-bond donors (Lipinski definition) is 1. The Morgan fingerprint density at radius 1 is 1.31 bits per heavy atom. The van der Waals surface area contributed by atoms with Gasteiger partial charge in [-0.2, -0.15) is 5.10 Å². The molecule has 2 aliphatic rings. The smallest absolute Gasteiger partial charge is 0.253 e. The second kappa shape index (κ2) is 7.11. The summed E-state index contributed by atoms with van der Waals surface area (Å²) in [6, 6.07) is 5.76. The minimum Gasteiger partial charge on any atom is -0.490 e. The van der Waals surface area contributed by atoms with Gasteiger partial charge in [0.05, 0.1) is 12.2 Å². The molecule has 2 aromatic heterocycles. The molecule has 0 spiro atoms. The Balaban J connectivity index is 1.37. The Morgan fingerprint density at radius 3 is 3.03 bits per heavy atom. The van der Waals surface area contributed by atoms with E-state index in [-0.39, 0.29) is 17.9 Å². The first-order valence-corrected chi connectivity index (χ1v) is 10.1. The Hall–Kier alpha value is -3.00. The number of ether oxygens (including phenoxy) is 1. The van der Waals surface area contributed by atoms with Crippen LogP contribution in [0.3, 0.4) is 0 Å². The van der Waals surface area contributed by atoms with Gasteiger partial charge in [0.25, 0.3) is 5.91 Å².